The van der Waals surface area contributed by atoms with E-state index in [-0.39, 0.29) is 10.0 Å². The van der Waals surface area contributed by atoms with Gasteiger partial charge in [-0.15, -0.1) is 0 Å². The Morgan fingerprint density at radius 2 is 1.89 bits per heavy atom. The summed E-state index contributed by atoms with van der Waals surface area (Å²) in [4.78, 5) is 3.80. The van der Waals surface area contributed by atoms with Crippen molar-refractivity contribution in [3.8, 4) is 0 Å². The lowest BCUT2D eigenvalue weighted by Gasteiger charge is -2.10. The van der Waals surface area contributed by atoms with Crippen molar-refractivity contribution >= 4 is 59.2 Å². The van der Waals surface area contributed by atoms with Gasteiger partial charge in [-0.1, -0.05) is 27.5 Å². The molecule has 0 spiro atoms. The van der Waals surface area contributed by atoms with E-state index < -0.39 is 10.0 Å². The average molecular weight is 427 g/mol. The predicted molar refractivity (Wildman–Crippen MR) is 81.9 cm³/mol. The third-order valence-electron chi connectivity index (χ3n) is 2.18. The van der Waals surface area contributed by atoms with Gasteiger partial charge in [0.05, 0.1) is 10.6 Å². The summed E-state index contributed by atoms with van der Waals surface area (Å²) in [5.74, 6) is 0. The molecule has 1 heterocycles. The van der Waals surface area contributed by atoms with Crippen molar-refractivity contribution < 1.29 is 8.42 Å². The molecule has 8 heteroatoms. The summed E-state index contributed by atoms with van der Waals surface area (Å²) >= 11 is 12.3. The van der Waals surface area contributed by atoms with Crippen LogP contribution in [0.3, 0.4) is 0 Å². The van der Waals surface area contributed by atoms with Crippen molar-refractivity contribution in [3.63, 3.8) is 0 Å². The van der Waals surface area contributed by atoms with Gasteiger partial charge in [0.25, 0.3) is 10.0 Å². The Balaban J connectivity index is 2.39. The summed E-state index contributed by atoms with van der Waals surface area (Å²) in [6, 6.07) is 7.85. The SMILES string of the molecule is O=S(=O)(Nc1cc(Br)ccc1Br)c1ccnc(Cl)c1. The summed E-state index contributed by atoms with van der Waals surface area (Å²) in [5, 5.41) is 0.121. The van der Waals surface area contributed by atoms with E-state index >= 15 is 0 Å². The molecule has 0 saturated carbocycles. The molecule has 1 aromatic heterocycles. The van der Waals surface area contributed by atoms with Crippen molar-refractivity contribution in [2.75, 3.05) is 4.72 Å². The van der Waals surface area contributed by atoms with Crippen molar-refractivity contribution in [3.05, 3.63) is 50.6 Å². The van der Waals surface area contributed by atoms with Gasteiger partial charge in [0, 0.05) is 15.1 Å². The first kappa shape index (κ1) is 14.8. The molecule has 0 atom stereocenters. The lowest BCUT2D eigenvalue weighted by atomic mass is 10.3. The van der Waals surface area contributed by atoms with Crippen LogP contribution in [0.1, 0.15) is 0 Å². The maximum atomic E-state index is 12.2. The number of pyridine rings is 1. The standard InChI is InChI=1S/C11H7Br2ClN2O2S/c12-7-1-2-9(13)10(5-7)16-19(17,18)8-3-4-15-11(14)6-8/h1-6,16H. The van der Waals surface area contributed by atoms with Gasteiger partial charge < -0.3 is 0 Å². The third kappa shape index (κ3) is 3.68. The molecule has 2 rings (SSSR count). The first-order chi connectivity index (χ1) is 8.88. The van der Waals surface area contributed by atoms with Gasteiger partial charge in [0.1, 0.15) is 5.15 Å². The molecule has 100 valence electrons. The molecule has 2 aromatic rings. The second kappa shape index (κ2) is 5.78. The topological polar surface area (TPSA) is 59.1 Å². The minimum Gasteiger partial charge on any atom is -0.278 e. The van der Waals surface area contributed by atoms with Crippen LogP contribution in [-0.4, -0.2) is 13.4 Å². The molecule has 1 N–H and O–H groups in total. The molecule has 1 aromatic carbocycles. The fraction of sp³-hybridized carbons (Fsp3) is 0. The van der Waals surface area contributed by atoms with Crippen LogP contribution in [0.15, 0.2) is 50.4 Å². The van der Waals surface area contributed by atoms with Crippen molar-refractivity contribution in [1.82, 2.24) is 4.98 Å². The monoisotopic (exact) mass is 424 g/mol. The fourth-order valence-electron chi connectivity index (χ4n) is 1.33. The molecule has 0 unspecified atom stereocenters. The number of benzene rings is 1. The second-order valence-electron chi connectivity index (χ2n) is 3.54. The number of anilines is 1. The fourth-order valence-corrected chi connectivity index (χ4v) is 3.49. The molecular weight excluding hydrogens is 419 g/mol. The third-order valence-corrected chi connectivity index (χ3v) is 4.94. The van der Waals surface area contributed by atoms with Gasteiger partial charge in [0.15, 0.2) is 0 Å². The van der Waals surface area contributed by atoms with Crippen molar-refractivity contribution in [2.45, 2.75) is 4.90 Å². The van der Waals surface area contributed by atoms with E-state index in [2.05, 4.69) is 41.6 Å². The van der Waals surface area contributed by atoms with Crippen LogP contribution in [0.25, 0.3) is 0 Å². The van der Waals surface area contributed by atoms with Crippen molar-refractivity contribution in [2.24, 2.45) is 0 Å². The smallest absolute Gasteiger partial charge is 0.262 e. The van der Waals surface area contributed by atoms with Crippen LogP contribution in [-0.2, 0) is 10.0 Å². The minimum atomic E-state index is -3.70. The van der Waals surface area contributed by atoms with E-state index in [9.17, 15) is 8.42 Å². The number of sulfonamides is 1. The Kier molecular flexibility index (Phi) is 4.50. The predicted octanol–water partition coefficient (Wildman–Crippen LogP) is 4.06. The summed E-state index contributed by atoms with van der Waals surface area (Å²) in [7, 11) is -3.70. The van der Waals surface area contributed by atoms with Crippen LogP contribution in [0.4, 0.5) is 5.69 Å². The second-order valence-corrected chi connectivity index (χ2v) is 7.38. The van der Waals surface area contributed by atoms with Crippen LogP contribution in [0, 0.1) is 0 Å². The number of nitrogens with zero attached hydrogens (tertiary/aromatic N) is 1. The molecule has 0 radical (unpaired) electrons. The highest BCUT2D eigenvalue weighted by atomic mass is 79.9. The highest BCUT2D eigenvalue weighted by Gasteiger charge is 2.16. The minimum absolute atomic E-state index is 0.0550. The Morgan fingerprint density at radius 3 is 2.58 bits per heavy atom. The molecular formula is C11H7Br2ClN2O2S. The zero-order chi connectivity index (χ0) is 14.0. The quantitative estimate of drug-likeness (QED) is 0.753. The number of aromatic nitrogens is 1. The Morgan fingerprint density at radius 1 is 1.16 bits per heavy atom. The highest BCUT2D eigenvalue weighted by molar-refractivity contribution is 9.11. The zero-order valence-corrected chi connectivity index (χ0v) is 14.0. The van der Waals surface area contributed by atoms with E-state index in [4.69, 9.17) is 11.6 Å². The maximum absolute atomic E-state index is 12.2. The van der Waals surface area contributed by atoms with E-state index in [1.54, 1.807) is 18.2 Å². The normalized spacial score (nSPS) is 11.3. The van der Waals surface area contributed by atoms with Crippen LogP contribution in [0.5, 0.6) is 0 Å². The highest BCUT2D eigenvalue weighted by Crippen LogP contribution is 2.28. The van der Waals surface area contributed by atoms with E-state index in [1.807, 2.05) is 0 Å². The van der Waals surface area contributed by atoms with E-state index in [1.165, 1.54) is 18.3 Å². The molecule has 0 bridgehead atoms. The lowest BCUT2D eigenvalue weighted by Crippen LogP contribution is -2.13. The summed E-state index contributed by atoms with van der Waals surface area (Å²) in [6.07, 6.45) is 1.34. The number of halogens is 3. The molecule has 19 heavy (non-hydrogen) atoms. The number of hydrogen-bond acceptors (Lipinski definition) is 3. The van der Waals surface area contributed by atoms with Gasteiger partial charge in [-0.25, -0.2) is 13.4 Å². The zero-order valence-electron chi connectivity index (χ0n) is 9.27. The molecule has 0 fully saturated rings. The van der Waals surface area contributed by atoms with E-state index in [0.717, 1.165) is 4.47 Å². The van der Waals surface area contributed by atoms with Gasteiger partial charge in [-0.2, -0.15) is 0 Å². The van der Waals surface area contributed by atoms with Crippen LogP contribution in [0.2, 0.25) is 5.15 Å². The van der Waals surface area contributed by atoms with Crippen LogP contribution >= 0.6 is 43.5 Å². The Hall–Kier alpha value is -0.630. The Labute approximate surface area is 132 Å². The molecule has 4 nitrogen and oxygen atoms in total. The molecule has 0 aliphatic rings. The maximum Gasteiger partial charge on any atom is 0.262 e. The van der Waals surface area contributed by atoms with Gasteiger partial charge in [-0.05, 0) is 46.3 Å². The largest absolute Gasteiger partial charge is 0.278 e. The van der Waals surface area contributed by atoms with Gasteiger partial charge in [-0.3, -0.25) is 4.72 Å². The molecule has 0 amide bonds. The average Bonchev–Trinajstić information content (AvgIpc) is 2.33. The number of nitrogens with one attached hydrogen (secondary N) is 1. The molecule has 0 aliphatic heterocycles. The van der Waals surface area contributed by atoms with Gasteiger partial charge >= 0.3 is 0 Å². The molecule has 0 saturated heterocycles. The molecule has 0 aliphatic carbocycles. The summed E-state index contributed by atoms with van der Waals surface area (Å²) in [6.45, 7) is 0. The number of rotatable bonds is 3. The van der Waals surface area contributed by atoms with Gasteiger partial charge in [0.2, 0.25) is 0 Å². The first-order valence-electron chi connectivity index (χ1n) is 4.98. The first-order valence-corrected chi connectivity index (χ1v) is 8.42. The van der Waals surface area contributed by atoms with Crippen LogP contribution < -0.4 is 4.72 Å². The lowest BCUT2D eigenvalue weighted by molar-refractivity contribution is 0.601. The van der Waals surface area contributed by atoms with Crippen molar-refractivity contribution in [1.29, 1.82) is 0 Å². The Bertz CT molecular complexity index is 722. The number of hydrogen-bond donors (Lipinski definition) is 1. The summed E-state index contributed by atoms with van der Waals surface area (Å²) < 4.78 is 28.3. The van der Waals surface area contributed by atoms with E-state index in [0.29, 0.717) is 10.2 Å². The summed E-state index contributed by atoms with van der Waals surface area (Å²) in [5.41, 5.74) is 0.433.